The van der Waals surface area contributed by atoms with Crippen molar-refractivity contribution >= 4 is 5.97 Å². The van der Waals surface area contributed by atoms with Crippen molar-refractivity contribution in [2.75, 3.05) is 33.2 Å². The predicted molar refractivity (Wildman–Crippen MR) is 80.9 cm³/mol. The van der Waals surface area contributed by atoms with E-state index in [1.807, 2.05) is 0 Å². The van der Waals surface area contributed by atoms with Crippen molar-refractivity contribution in [3.05, 3.63) is 0 Å². The van der Waals surface area contributed by atoms with Gasteiger partial charge in [-0.1, -0.05) is 26.2 Å². The Bertz CT molecular complexity index is 326. The van der Waals surface area contributed by atoms with E-state index in [4.69, 9.17) is 0 Å². The summed E-state index contributed by atoms with van der Waals surface area (Å²) in [5, 5.41) is 9.39. The third kappa shape index (κ3) is 3.73. The van der Waals surface area contributed by atoms with Gasteiger partial charge in [0.2, 0.25) is 0 Å². The van der Waals surface area contributed by atoms with Gasteiger partial charge in [0.05, 0.1) is 6.42 Å². The SMILES string of the molecule is CCC1CCCC(CC(=O)O)(N2CCN(C)CC2)CC1. The number of carboxylic acids is 1. The zero-order valence-electron chi connectivity index (χ0n) is 13.1. The molecule has 0 aromatic carbocycles. The summed E-state index contributed by atoms with van der Waals surface area (Å²) in [5.74, 6) is 0.178. The zero-order valence-corrected chi connectivity index (χ0v) is 13.1. The molecule has 4 nitrogen and oxygen atoms in total. The van der Waals surface area contributed by atoms with Crippen LogP contribution in [0.3, 0.4) is 0 Å². The highest BCUT2D eigenvalue weighted by Gasteiger charge is 2.40. The maximum Gasteiger partial charge on any atom is 0.305 e. The van der Waals surface area contributed by atoms with Gasteiger partial charge >= 0.3 is 5.97 Å². The molecule has 1 N–H and O–H groups in total. The molecule has 1 heterocycles. The van der Waals surface area contributed by atoms with E-state index in [1.54, 1.807) is 0 Å². The number of aliphatic carboxylic acids is 1. The van der Waals surface area contributed by atoms with Crippen molar-refractivity contribution in [3.63, 3.8) is 0 Å². The number of piperazine rings is 1. The van der Waals surface area contributed by atoms with Crippen LogP contribution < -0.4 is 0 Å². The molecule has 1 saturated carbocycles. The summed E-state index contributed by atoms with van der Waals surface area (Å²) in [7, 11) is 2.15. The number of carboxylic acid groups (broad SMARTS) is 1. The molecule has 2 atom stereocenters. The molecule has 0 radical (unpaired) electrons. The van der Waals surface area contributed by atoms with E-state index in [1.165, 1.54) is 25.7 Å². The maximum atomic E-state index is 11.4. The van der Waals surface area contributed by atoms with Gasteiger partial charge < -0.3 is 10.0 Å². The van der Waals surface area contributed by atoms with E-state index in [2.05, 4.69) is 23.8 Å². The average molecular weight is 282 g/mol. The van der Waals surface area contributed by atoms with Crippen LogP contribution in [0.25, 0.3) is 0 Å². The van der Waals surface area contributed by atoms with Gasteiger partial charge in [-0.3, -0.25) is 9.69 Å². The fraction of sp³-hybridized carbons (Fsp3) is 0.938. The van der Waals surface area contributed by atoms with E-state index in [0.717, 1.165) is 44.9 Å². The largest absolute Gasteiger partial charge is 0.481 e. The van der Waals surface area contributed by atoms with Crippen LogP contribution in [-0.2, 0) is 4.79 Å². The maximum absolute atomic E-state index is 11.4. The molecule has 116 valence electrons. The van der Waals surface area contributed by atoms with Crippen molar-refractivity contribution in [2.45, 2.75) is 57.4 Å². The first-order valence-electron chi connectivity index (χ1n) is 8.21. The molecule has 4 heteroatoms. The van der Waals surface area contributed by atoms with Gasteiger partial charge in [-0.2, -0.15) is 0 Å². The second-order valence-electron chi connectivity index (χ2n) is 6.79. The minimum Gasteiger partial charge on any atom is -0.481 e. The lowest BCUT2D eigenvalue weighted by Gasteiger charge is -2.46. The number of hydrogen-bond donors (Lipinski definition) is 1. The van der Waals surface area contributed by atoms with Crippen molar-refractivity contribution in [1.29, 1.82) is 0 Å². The summed E-state index contributed by atoms with van der Waals surface area (Å²) < 4.78 is 0. The Morgan fingerprint density at radius 2 is 1.90 bits per heavy atom. The normalized spacial score (nSPS) is 33.8. The van der Waals surface area contributed by atoms with E-state index in [0.29, 0.717) is 6.42 Å². The molecular weight excluding hydrogens is 252 g/mol. The highest BCUT2D eigenvalue weighted by Crippen LogP contribution is 2.38. The fourth-order valence-electron chi connectivity index (χ4n) is 4.04. The van der Waals surface area contributed by atoms with Gasteiger partial charge in [0.25, 0.3) is 0 Å². The van der Waals surface area contributed by atoms with Crippen LogP contribution in [0.2, 0.25) is 0 Å². The molecule has 0 aromatic rings. The Balaban J connectivity index is 2.10. The Labute approximate surface area is 123 Å². The summed E-state index contributed by atoms with van der Waals surface area (Å²) in [6.45, 7) is 6.46. The number of hydrogen-bond acceptors (Lipinski definition) is 3. The lowest BCUT2D eigenvalue weighted by molar-refractivity contribution is -0.141. The molecule has 2 fully saturated rings. The molecule has 20 heavy (non-hydrogen) atoms. The highest BCUT2D eigenvalue weighted by atomic mass is 16.4. The van der Waals surface area contributed by atoms with Gasteiger partial charge in [-0.05, 0) is 32.2 Å². The number of rotatable bonds is 4. The number of carbonyl (C=O) groups is 1. The Kier molecular flexibility index (Phi) is 5.44. The molecule has 0 bridgehead atoms. The second kappa shape index (κ2) is 6.90. The van der Waals surface area contributed by atoms with Crippen molar-refractivity contribution < 1.29 is 9.90 Å². The van der Waals surface area contributed by atoms with Crippen LogP contribution in [0.4, 0.5) is 0 Å². The van der Waals surface area contributed by atoms with E-state index in [-0.39, 0.29) is 5.54 Å². The lowest BCUT2D eigenvalue weighted by atomic mass is 9.83. The third-order valence-corrected chi connectivity index (χ3v) is 5.50. The monoisotopic (exact) mass is 282 g/mol. The Morgan fingerprint density at radius 3 is 2.50 bits per heavy atom. The molecule has 1 aliphatic carbocycles. The van der Waals surface area contributed by atoms with Crippen molar-refractivity contribution in [1.82, 2.24) is 9.80 Å². The van der Waals surface area contributed by atoms with Crippen LogP contribution in [0.1, 0.15) is 51.9 Å². The number of nitrogens with zero attached hydrogens (tertiary/aromatic N) is 2. The molecule has 0 spiro atoms. The minimum atomic E-state index is -0.626. The van der Waals surface area contributed by atoms with Gasteiger partial charge in [0, 0.05) is 31.7 Å². The summed E-state index contributed by atoms with van der Waals surface area (Å²) in [6, 6.07) is 0. The lowest BCUT2D eigenvalue weighted by Crippen LogP contribution is -2.57. The molecule has 0 amide bonds. The Morgan fingerprint density at radius 1 is 1.20 bits per heavy atom. The van der Waals surface area contributed by atoms with E-state index in [9.17, 15) is 9.90 Å². The molecule has 1 saturated heterocycles. The summed E-state index contributed by atoms with van der Waals surface area (Å²) >= 11 is 0. The highest BCUT2D eigenvalue weighted by molar-refractivity contribution is 5.68. The summed E-state index contributed by atoms with van der Waals surface area (Å²) in [4.78, 5) is 16.2. The quantitative estimate of drug-likeness (QED) is 0.804. The molecule has 0 aromatic heterocycles. The van der Waals surface area contributed by atoms with Crippen molar-refractivity contribution in [2.24, 2.45) is 5.92 Å². The Hall–Kier alpha value is -0.610. The topological polar surface area (TPSA) is 43.8 Å². The van der Waals surface area contributed by atoms with E-state index < -0.39 is 5.97 Å². The fourth-order valence-corrected chi connectivity index (χ4v) is 4.04. The van der Waals surface area contributed by atoms with Crippen LogP contribution in [0.15, 0.2) is 0 Å². The molecule has 2 aliphatic rings. The van der Waals surface area contributed by atoms with Crippen LogP contribution in [0.5, 0.6) is 0 Å². The number of likely N-dealkylation sites (N-methyl/N-ethyl adjacent to an activating group) is 1. The smallest absolute Gasteiger partial charge is 0.305 e. The van der Waals surface area contributed by atoms with Gasteiger partial charge in [-0.25, -0.2) is 0 Å². The predicted octanol–water partition coefficient (Wildman–Crippen LogP) is 2.44. The second-order valence-corrected chi connectivity index (χ2v) is 6.79. The molecule has 1 aliphatic heterocycles. The van der Waals surface area contributed by atoms with E-state index >= 15 is 0 Å². The molecular formula is C16H30N2O2. The van der Waals surface area contributed by atoms with Crippen LogP contribution in [-0.4, -0.2) is 59.6 Å². The minimum absolute atomic E-state index is 0.0724. The van der Waals surface area contributed by atoms with Crippen LogP contribution >= 0.6 is 0 Å². The first-order chi connectivity index (χ1) is 9.55. The summed E-state index contributed by atoms with van der Waals surface area (Å²) in [6.07, 6.45) is 7.39. The molecule has 2 unspecified atom stereocenters. The third-order valence-electron chi connectivity index (χ3n) is 5.50. The zero-order chi connectivity index (χ0) is 14.6. The van der Waals surface area contributed by atoms with Gasteiger partial charge in [0.15, 0.2) is 0 Å². The first-order valence-corrected chi connectivity index (χ1v) is 8.21. The van der Waals surface area contributed by atoms with Gasteiger partial charge in [-0.15, -0.1) is 0 Å². The van der Waals surface area contributed by atoms with Crippen LogP contribution in [0, 0.1) is 5.92 Å². The summed E-state index contributed by atoms with van der Waals surface area (Å²) in [5.41, 5.74) is -0.0724. The average Bonchev–Trinajstić information content (AvgIpc) is 2.62. The van der Waals surface area contributed by atoms with Crippen molar-refractivity contribution in [3.8, 4) is 0 Å². The van der Waals surface area contributed by atoms with Gasteiger partial charge in [0.1, 0.15) is 0 Å². The standard InChI is InChI=1S/C16H30N2O2/c1-3-14-5-4-7-16(8-6-14,13-15(19)20)18-11-9-17(2)10-12-18/h14H,3-13H2,1-2H3,(H,19,20). The molecule has 2 rings (SSSR count). The first kappa shape index (κ1) is 15.8.